The van der Waals surface area contributed by atoms with Crippen molar-refractivity contribution in [3.63, 3.8) is 0 Å². The van der Waals surface area contributed by atoms with E-state index in [-0.39, 0.29) is 11.9 Å². The van der Waals surface area contributed by atoms with Crippen molar-refractivity contribution in [2.75, 3.05) is 6.61 Å². The van der Waals surface area contributed by atoms with Crippen molar-refractivity contribution < 1.29 is 9.53 Å². The number of rotatable bonds is 4. The molecule has 1 rings (SSSR count). The van der Waals surface area contributed by atoms with Crippen LogP contribution in [0.1, 0.15) is 20.8 Å². The van der Waals surface area contributed by atoms with Gasteiger partial charge in [-0.3, -0.25) is 4.79 Å². The molecule has 88 valence electrons. The third kappa shape index (κ3) is 2.28. The van der Waals surface area contributed by atoms with Crippen LogP contribution in [-0.2, 0) is 9.53 Å². The first-order valence-electron chi connectivity index (χ1n) is 5.30. The minimum atomic E-state index is -0.703. The summed E-state index contributed by atoms with van der Waals surface area (Å²) in [5, 5.41) is 0.559. The number of carbonyl (C=O) groups is 1. The summed E-state index contributed by atoms with van der Waals surface area (Å²) >= 11 is 6.01. The Kier molecular flexibility index (Phi) is 4.11. The first-order valence-corrected chi connectivity index (χ1v) is 5.68. The van der Waals surface area contributed by atoms with Crippen LogP contribution in [-0.4, -0.2) is 18.5 Å². The molecule has 0 heterocycles. The highest BCUT2D eigenvalue weighted by atomic mass is 35.5. The van der Waals surface area contributed by atoms with Crippen LogP contribution in [0.5, 0.6) is 0 Å². The standard InChI is InChI=1S/C13H17ClO2/c1-5-10-7-11(14)8-13(4,9(3)15)12(10)16-6-2/h5,7-8,12H,1,6H2,2-4H3. The lowest BCUT2D eigenvalue weighted by molar-refractivity contribution is -0.129. The van der Waals surface area contributed by atoms with Crippen molar-refractivity contribution in [3.05, 3.63) is 35.4 Å². The third-order valence-electron chi connectivity index (χ3n) is 2.92. The summed E-state index contributed by atoms with van der Waals surface area (Å²) in [6, 6.07) is 0. The van der Waals surface area contributed by atoms with Gasteiger partial charge in [-0.15, -0.1) is 0 Å². The van der Waals surface area contributed by atoms with Gasteiger partial charge in [0.25, 0.3) is 0 Å². The van der Waals surface area contributed by atoms with Gasteiger partial charge in [-0.25, -0.2) is 0 Å². The summed E-state index contributed by atoms with van der Waals surface area (Å²) < 4.78 is 5.65. The summed E-state index contributed by atoms with van der Waals surface area (Å²) in [4.78, 5) is 11.8. The molecule has 1 aliphatic carbocycles. The largest absolute Gasteiger partial charge is 0.372 e. The van der Waals surface area contributed by atoms with E-state index in [1.165, 1.54) is 0 Å². The second-order valence-corrected chi connectivity index (χ2v) is 4.49. The van der Waals surface area contributed by atoms with Crippen molar-refractivity contribution in [2.45, 2.75) is 26.9 Å². The van der Waals surface area contributed by atoms with Crippen LogP contribution in [0.4, 0.5) is 0 Å². The molecule has 2 atom stereocenters. The molecule has 0 spiro atoms. The van der Waals surface area contributed by atoms with Gasteiger partial charge < -0.3 is 4.74 Å². The fraction of sp³-hybridized carbons (Fsp3) is 0.462. The van der Waals surface area contributed by atoms with Gasteiger partial charge in [-0.1, -0.05) is 24.3 Å². The predicted octanol–water partition coefficient (Wildman–Crippen LogP) is 3.24. The zero-order chi connectivity index (χ0) is 12.3. The fourth-order valence-corrected chi connectivity index (χ4v) is 2.23. The number of hydrogen-bond donors (Lipinski definition) is 0. The highest BCUT2D eigenvalue weighted by molar-refractivity contribution is 6.31. The van der Waals surface area contributed by atoms with E-state index in [0.29, 0.717) is 11.6 Å². The van der Waals surface area contributed by atoms with Crippen molar-refractivity contribution in [2.24, 2.45) is 5.41 Å². The number of hydrogen-bond acceptors (Lipinski definition) is 2. The number of carbonyl (C=O) groups excluding carboxylic acids is 1. The van der Waals surface area contributed by atoms with E-state index in [2.05, 4.69) is 6.58 Å². The van der Waals surface area contributed by atoms with Crippen LogP contribution in [0, 0.1) is 5.41 Å². The lowest BCUT2D eigenvalue weighted by Crippen LogP contribution is -2.41. The Labute approximate surface area is 102 Å². The van der Waals surface area contributed by atoms with Gasteiger partial charge in [0.05, 0.1) is 11.5 Å². The summed E-state index contributed by atoms with van der Waals surface area (Å²) in [6.45, 7) is 9.58. The number of ether oxygens (including phenoxy) is 1. The highest BCUT2D eigenvalue weighted by Gasteiger charge is 2.41. The molecule has 0 saturated carbocycles. The monoisotopic (exact) mass is 240 g/mol. The van der Waals surface area contributed by atoms with Crippen molar-refractivity contribution in [1.82, 2.24) is 0 Å². The smallest absolute Gasteiger partial charge is 0.142 e. The minimum absolute atomic E-state index is 0.0385. The lowest BCUT2D eigenvalue weighted by atomic mass is 9.74. The van der Waals surface area contributed by atoms with Gasteiger partial charge >= 0.3 is 0 Å². The van der Waals surface area contributed by atoms with E-state index in [1.54, 1.807) is 25.2 Å². The molecule has 16 heavy (non-hydrogen) atoms. The molecule has 0 bridgehead atoms. The zero-order valence-electron chi connectivity index (χ0n) is 9.92. The van der Waals surface area contributed by atoms with E-state index in [0.717, 1.165) is 5.57 Å². The molecule has 0 aromatic heterocycles. The maximum Gasteiger partial charge on any atom is 0.142 e. The zero-order valence-corrected chi connectivity index (χ0v) is 10.7. The second kappa shape index (κ2) is 4.98. The molecule has 0 aromatic carbocycles. The van der Waals surface area contributed by atoms with Crippen molar-refractivity contribution in [1.29, 1.82) is 0 Å². The Morgan fingerprint density at radius 3 is 2.81 bits per heavy atom. The molecule has 0 aromatic rings. The average molecular weight is 241 g/mol. The fourth-order valence-electron chi connectivity index (χ4n) is 1.87. The third-order valence-corrected chi connectivity index (χ3v) is 3.14. The van der Waals surface area contributed by atoms with E-state index in [1.807, 2.05) is 13.8 Å². The van der Waals surface area contributed by atoms with Gasteiger partial charge in [-0.05, 0) is 38.5 Å². The van der Waals surface area contributed by atoms with Crippen molar-refractivity contribution >= 4 is 17.4 Å². The Morgan fingerprint density at radius 1 is 1.75 bits per heavy atom. The Hall–Kier alpha value is -0.860. The van der Waals surface area contributed by atoms with Gasteiger partial charge in [0, 0.05) is 11.6 Å². The first kappa shape index (κ1) is 13.2. The molecule has 3 heteroatoms. The minimum Gasteiger partial charge on any atom is -0.372 e. The molecule has 2 nitrogen and oxygen atoms in total. The van der Waals surface area contributed by atoms with Gasteiger partial charge in [0.15, 0.2) is 0 Å². The molecular weight excluding hydrogens is 224 g/mol. The number of Topliss-reactive ketones (excluding diaryl/α,β-unsaturated/α-hetero) is 1. The maximum atomic E-state index is 11.8. The van der Waals surface area contributed by atoms with Gasteiger partial charge in [0.1, 0.15) is 5.78 Å². The molecule has 0 radical (unpaired) electrons. The van der Waals surface area contributed by atoms with E-state index in [4.69, 9.17) is 16.3 Å². The SMILES string of the molecule is C=CC1=CC(Cl)=CC(C)(C(C)=O)C1OCC. The van der Waals surface area contributed by atoms with Crippen LogP contribution in [0.25, 0.3) is 0 Å². The number of halogens is 1. The van der Waals surface area contributed by atoms with Crippen LogP contribution in [0.3, 0.4) is 0 Å². The second-order valence-electron chi connectivity index (χ2n) is 4.05. The Balaban J connectivity index is 3.21. The number of ketones is 1. The normalized spacial score (nSPS) is 29.4. The molecule has 0 aliphatic heterocycles. The highest BCUT2D eigenvalue weighted by Crippen LogP contribution is 2.38. The molecule has 1 aliphatic rings. The summed E-state index contributed by atoms with van der Waals surface area (Å²) in [5.74, 6) is 0.0385. The van der Waals surface area contributed by atoms with Gasteiger partial charge in [0.2, 0.25) is 0 Å². The van der Waals surface area contributed by atoms with Crippen LogP contribution >= 0.6 is 11.6 Å². The van der Waals surface area contributed by atoms with Crippen LogP contribution in [0.2, 0.25) is 0 Å². The van der Waals surface area contributed by atoms with Crippen LogP contribution < -0.4 is 0 Å². The molecule has 0 saturated heterocycles. The Morgan fingerprint density at radius 2 is 2.38 bits per heavy atom. The van der Waals surface area contributed by atoms with Gasteiger partial charge in [-0.2, -0.15) is 0 Å². The molecule has 0 fully saturated rings. The topological polar surface area (TPSA) is 26.3 Å². The average Bonchev–Trinajstić information content (AvgIpc) is 2.21. The summed E-state index contributed by atoms with van der Waals surface area (Å²) in [6.07, 6.45) is 4.94. The predicted molar refractivity (Wildman–Crippen MR) is 66.4 cm³/mol. The summed E-state index contributed by atoms with van der Waals surface area (Å²) in [7, 11) is 0. The van der Waals surface area contributed by atoms with Crippen LogP contribution in [0.15, 0.2) is 35.4 Å². The van der Waals surface area contributed by atoms with E-state index < -0.39 is 5.41 Å². The maximum absolute atomic E-state index is 11.8. The molecular formula is C13H17ClO2. The van der Waals surface area contributed by atoms with E-state index >= 15 is 0 Å². The quantitative estimate of drug-likeness (QED) is 0.754. The Bertz CT molecular complexity index is 368. The molecule has 2 unspecified atom stereocenters. The summed E-state index contributed by atoms with van der Waals surface area (Å²) in [5.41, 5.74) is 0.151. The van der Waals surface area contributed by atoms with E-state index in [9.17, 15) is 4.79 Å². The number of allylic oxidation sites excluding steroid dienone is 2. The van der Waals surface area contributed by atoms with Crippen molar-refractivity contribution in [3.8, 4) is 0 Å². The first-order chi connectivity index (χ1) is 7.45. The lowest BCUT2D eigenvalue weighted by Gasteiger charge is -2.36. The molecule has 0 N–H and O–H groups in total. The molecule has 0 amide bonds.